The maximum Gasteiger partial charge on any atom is 0.0205 e. The minimum atomic E-state index is 0.949. The molecule has 1 saturated heterocycles. The molecular formula is C7H13NS. The molecule has 0 aromatic carbocycles. The molecule has 2 bridgehead atoms. The minimum absolute atomic E-state index is 0.949. The van der Waals surface area contributed by atoms with E-state index in [2.05, 4.69) is 10.6 Å². The van der Waals surface area contributed by atoms with Crippen LogP contribution < -0.4 is 0 Å². The Morgan fingerprint density at radius 3 is 2.67 bits per heavy atom. The van der Waals surface area contributed by atoms with Crippen LogP contribution in [0.4, 0.5) is 0 Å². The van der Waals surface area contributed by atoms with Gasteiger partial charge in [-0.3, -0.25) is 0 Å². The smallest absolute Gasteiger partial charge is 0.0205 e. The Hall–Kier alpha value is 0.310. The van der Waals surface area contributed by atoms with Gasteiger partial charge in [0.25, 0.3) is 0 Å². The van der Waals surface area contributed by atoms with E-state index in [0.717, 1.165) is 12.0 Å². The zero-order chi connectivity index (χ0) is 6.27. The largest absolute Gasteiger partial charge is 0.247 e. The van der Waals surface area contributed by atoms with Gasteiger partial charge in [-0.25, -0.2) is 4.31 Å². The summed E-state index contributed by atoms with van der Waals surface area (Å²) in [5.41, 5.74) is 0. The van der Waals surface area contributed by atoms with Crippen LogP contribution >= 0.6 is 11.9 Å². The lowest BCUT2D eigenvalue weighted by molar-refractivity contribution is 0.367. The van der Waals surface area contributed by atoms with Gasteiger partial charge in [-0.1, -0.05) is 11.9 Å². The molecule has 0 aromatic rings. The highest BCUT2D eigenvalue weighted by Crippen LogP contribution is 2.39. The van der Waals surface area contributed by atoms with Crippen LogP contribution in [0.1, 0.15) is 19.3 Å². The lowest BCUT2D eigenvalue weighted by Gasteiger charge is -2.23. The van der Waals surface area contributed by atoms with Crippen LogP contribution in [0.2, 0.25) is 0 Å². The number of hydrogen-bond acceptors (Lipinski definition) is 2. The van der Waals surface area contributed by atoms with Gasteiger partial charge in [-0.2, -0.15) is 0 Å². The fourth-order valence-corrected chi connectivity index (χ4v) is 2.95. The third kappa shape index (κ3) is 0.887. The molecule has 2 fully saturated rings. The highest BCUT2D eigenvalue weighted by Gasteiger charge is 2.37. The van der Waals surface area contributed by atoms with E-state index in [-0.39, 0.29) is 0 Å². The van der Waals surface area contributed by atoms with Gasteiger partial charge in [0.15, 0.2) is 0 Å². The predicted molar refractivity (Wildman–Crippen MR) is 41.4 cm³/mol. The van der Waals surface area contributed by atoms with Crippen molar-refractivity contribution < 1.29 is 0 Å². The monoisotopic (exact) mass is 143 g/mol. The average molecular weight is 143 g/mol. The normalized spacial score (nSPS) is 42.3. The highest BCUT2D eigenvalue weighted by molar-refractivity contribution is 7.96. The first-order valence-corrected chi connectivity index (χ1v) is 4.89. The van der Waals surface area contributed by atoms with Gasteiger partial charge >= 0.3 is 0 Å². The van der Waals surface area contributed by atoms with Gasteiger partial charge in [-0.15, -0.1) is 0 Å². The van der Waals surface area contributed by atoms with Gasteiger partial charge in [-0.05, 0) is 31.4 Å². The van der Waals surface area contributed by atoms with Crippen LogP contribution in [0.3, 0.4) is 0 Å². The molecule has 0 spiro atoms. The third-order valence-corrected chi connectivity index (χ3v) is 3.51. The number of nitrogens with zero attached hydrogens (tertiary/aromatic N) is 1. The summed E-state index contributed by atoms with van der Waals surface area (Å²) in [4.78, 5) is 0. The molecule has 1 nitrogen and oxygen atoms in total. The van der Waals surface area contributed by atoms with E-state index in [9.17, 15) is 0 Å². The Labute approximate surface area is 60.9 Å². The van der Waals surface area contributed by atoms with Crippen molar-refractivity contribution in [3.63, 3.8) is 0 Å². The quantitative estimate of drug-likeness (QED) is 0.514. The molecule has 0 aromatic heterocycles. The third-order valence-electron chi connectivity index (χ3n) is 2.59. The molecule has 1 aliphatic carbocycles. The summed E-state index contributed by atoms with van der Waals surface area (Å²) in [6.07, 6.45) is 6.65. The summed E-state index contributed by atoms with van der Waals surface area (Å²) in [6, 6.07) is 0.949. The minimum Gasteiger partial charge on any atom is -0.247 e. The van der Waals surface area contributed by atoms with Crippen molar-refractivity contribution in [3.05, 3.63) is 0 Å². The fraction of sp³-hybridized carbons (Fsp3) is 1.00. The maximum absolute atomic E-state index is 2.55. The summed E-state index contributed by atoms with van der Waals surface area (Å²) in [6.45, 7) is 1.37. The average Bonchev–Trinajstić information content (AvgIpc) is 2.45. The standard InChI is InChI=1S/C7H13NS/c1-9-8-5-6-2-3-7(8)4-6/h6-7H,2-5H2,1H3. The number of fused-ring (bicyclic) bond motifs is 2. The Bertz CT molecular complexity index is 115. The first-order valence-electron chi connectivity index (χ1n) is 3.71. The number of piperidine rings is 1. The summed E-state index contributed by atoms with van der Waals surface area (Å²) in [5, 5.41) is 0. The second kappa shape index (κ2) is 2.17. The van der Waals surface area contributed by atoms with E-state index in [1.165, 1.54) is 25.8 Å². The fourth-order valence-electron chi connectivity index (χ4n) is 2.10. The van der Waals surface area contributed by atoms with Crippen LogP contribution in [0.5, 0.6) is 0 Å². The second-order valence-corrected chi connectivity index (χ2v) is 3.95. The van der Waals surface area contributed by atoms with Gasteiger partial charge in [0.05, 0.1) is 0 Å². The first-order chi connectivity index (χ1) is 4.40. The van der Waals surface area contributed by atoms with Crippen LogP contribution in [0.15, 0.2) is 0 Å². The molecule has 1 aliphatic heterocycles. The topological polar surface area (TPSA) is 3.24 Å². The molecule has 0 N–H and O–H groups in total. The molecule has 0 radical (unpaired) electrons. The molecule has 2 aliphatic rings. The molecule has 2 unspecified atom stereocenters. The zero-order valence-electron chi connectivity index (χ0n) is 5.84. The molecule has 1 heterocycles. The van der Waals surface area contributed by atoms with E-state index < -0.39 is 0 Å². The van der Waals surface area contributed by atoms with Crippen molar-refractivity contribution >= 4 is 11.9 Å². The lowest BCUT2D eigenvalue weighted by atomic mass is 10.1. The van der Waals surface area contributed by atoms with Gasteiger partial charge in [0, 0.05) is 12.6 Å². The molecule has 2 heteroatoms. The van der Waals surface area contributed by atoms with E-state index >= 15 is 0 Å². The molecule has 2 atom stereocenters. The van der Waals surface area contributed by atoms with Crippen molar-refractivity contribution in [2.24, 2.45) is 5.92 Å². The van der Waals surface area contributed by atoms with Crippen LogP contribution in [-0.4, -0.2) is 23.1 Å². The van der Waals surface area contributed by atoms with Gasteiger partial charge < -0.3 is 0 Å². The van der Waals surface area contributed by atoms with Crippen molar-refractivity contribution in [3.8, 4) is 0 Å². The molecule has 9 heavy (non-hydrogen) atoms. The molecule has 1 saturated carbocycles. The highest BCUT2D eigenvalue weighted by atomic mass is 32.2. The molecular weight excluding hydrogens is 130 g/mol. The summed E-state index contributed by atoms with van der Waals surface area (Å²) < 4.78 is 2.55. The Morgan fingerprint density at radius 1 is 1.44 bits per heavy atom. The van der Waals surface area contributed by atoms with Crippen LogP contribution in [-0.2, 0) is 0 Å². The van der Waals surface area contributed by atoms with Crippen molar-refractivity contribution in [1.29, 1.82) is 0 Å². The Morgan fingerprint density at radius 2 is 2.33 bits per heavy atom. The second-order valence-electron chi connectivity index (χ2n) is 3.12. The molecule has 2 rings (SSSR count). The van der Waals surface area contributed by atoms with Crippen molar-refractivity contribution in [2.75, 3.05) is 12.8 Å². The number of rotatable bonds is 1. The Kier molecular flexibility index (Phi) is 1.46. The van der Waals surface area contributed by atoms with E-state index in [0.29, 0.717) is 0 Å². The van der Waals surface area contributed by atoms with E-state index in [1.54, 1.807) is 0 Å². The Balaban J connectivity index is 2.01. The van der Waals surface area contributed by atoms with Gasteiger partial charge in [0.2, 0.25) is 0 Å². The van der Waals surface area contributed by atoms with E-state index in [4.69, 9.17) is 0 Å². The summed E-state index contributed by atoms with van der Waals surface area (Å²) in [5.74, 6) is 1.06. The summed E-state index contributed by atoms with van der Waals surface area (Å²) in [7, 11) is 0. The van der Waals surface area contributed by atoms with Crippen molar-refractivity contribution in [2.45, 2.75) is 25.3 Å². The maximum atomic E-state index is 2.55. The van der Waals surface area contributed by atoms with Crippen LogP contribution in [0, 0.1) is 5.92 Å². The SMILES string of the molecule is CSN1CC2CCC1C2. The van der Waals surface area contributed by atoms with Gasteiger partial charge in [0.1, 0.15) is 0 Å². The molecule has 52 valence electrons. The lowest BCUT2D eigenvalue weighted by Crippen LogP contribution is -2.24. The van der Waals surface area contributed by atoms with E-state index in [1.807, 2.05) is 11.9 Å². The predicted octanol–water partition coefficient (Wildman–Crippen LogP) is 1.75. The van der Waals surface area contributed by atoms with Crippen LogP contribution in [0.25, 0.3) is 0 Å². The summed E-state index contributed by atoms with van der Waals surface area (Å²) >= 11 is 1.93. The first kappa shape index (κ1) is 6.05. The molecule has 0 amide bonds. The zero-order valence-corrected chi connectivity index (χ0v) is 6.66. The van der Waals surface area contributed by atoms with Crippen molar-refractivity contribution in [1.82, 2.24) is 4.31 Å². The number of hydrogen-bond donors (Lipinski definition) is 0.